The summed E-state index contributed by atoms with van der Waals surface area (Å²) >= 11 is 0. The first-order valence-corrected chi connectivity index (χ1v) is 11.3. The lowest BCUT2D eigenvalue weighted by Crippen LogP contribution is -2.50. The van der Waals surface area contributed by atoms with Crippen molar-refractivity contribution in [3.63, 3.8) is 0 Å². The second-order valence-electron chi connectivity index (χ2n) is 8.44. The molecular formula is C29H29N2+. The molecule has 4 aromatic rings. The van der Waals surface area contributed by atoms with Crippen LogP contribution in [0.5, 0.6) is 0 Å². The van der Waals surface area contributed by atoms with E-state index in [1.807, 2.05) is 0 Å². The molecule has 5 rings (SSSR count). The molecule has 0 atom stereocenters. The maximum Gasteiger partial charge on any atom is 0.212 e. The van der Waals surface area contributed by atoms with Crippen molar-refractivity contribution >= 4 is 17.1 Å². The summed E-state index contributed by atoms with van der Waals surface area (Å²) in [6.07, 6.45) is 4.51. The Balaban J connectivity index is 1.73. The lowest BCUT2D eigenvalue weighted by atomic mass is 9.71. The lowest BCUT2D eigenvalue weighted by molar-refractivity contribution is -0.697. The number of para-hydroxylation sites is 2. The summed E-state index contributed by atoms with van der Waals surface area (Å²) in [5, 5.41) is 0. The van der Waals surface area contributed by atoms with Crippen molar-refractivity contribution in [3.8, 4) is 11.3 Å². The minimum absolute atomic E-state index is 0.178. The molecule has 0 unspecified atom stereocenters. The van der Waals surface area contributed by atoms with Crippen molar-refractivity contribution in [2.75, 3.05) is 4.90 Å². The minimum Gasteiger partial charge on any atom is -0.310 e. The van der Waals surface area contributed by atoms with E-state index in [1.165, 1.54) is 33.9 Å². The van der Waals surface area contributed by atoms with Crippen molar-refractivity contribution in [2.45, 2.75) is 38.6 Å². The Bertz CT molecular complexity index is 1140. The number of fused-ring (bicyclic) bond motifs is 3. The molecule has 1 aliphatic rings. The molecule has 0 N–H and O–H groups in total. The molecule has 0 aliphatic carbocycles. The van der Waals surface area contributed by atoms with Gasteiger partial charge in [0.2, 0.25) is 5.69 Å². The number of anilines is 3. The molecule has 2 nitrogen and oxygen atoms in total. The summed E-state index contributed by atoms with van der Waals surface area (Å²) in [7, 11) is 0. The monoisotopic (exact) mass is 405 g/mol. The topological polar surface area (TPSA) is 7.12 Å². The molecule has 31 heavy (non-hydrogen) atoms. The van der Waals surface area contributed by atoms with Crippen LogP contribution in [-0.4, -0.2) is 0 Å². The third kappa shape index (κ3) is 3.33. The summed E-state index contributed by atoms with van der Waals surface area (Å²) in [4.78, 5) is 2.35. The SMILES string of the molecule is CCC1(CC)C[n+]2ccccc2-c2cc(N(c3ccccc3)c3ccccc3)ccc21. The van der Waals surface area contributed by atoms with Crippen LogP contribution in [-0.2, 0) is 12.0 Å². The highest BCUT2D eigenvalue weighted by Gasteiger charge is 2.41. The molecule has 154 valence electrons. The van der Waals surface area contributed by atoms with Crippen LogP contribution in [0.25, 0.3) is 11.3 Å². The smallest absolute Gasteiger partial charge is 0.212 e. The summed E-state index contributed by atoms with van der Waals surface area (Å²) in [6.45, 7) is 5.70. The fourth-order valence-corrected chi connectivity index (χ4v) is 5.07. The van der Waals surface area contributed by atoms with Gasteiger partial charge in [0.1, 0.15) is 0 Å². The molecule has 0 saturated heterocycles. The number of nitrogens with zero attached hydrogens (tertiary/aromatic N) is 2. The lowest BCUT2D eigenvalue weighted by Gasteiger charge is -2.35. The van der Waals surface area contributed by atoms with E-state index in [1.54, 1.807) is 0 Å². The van der Waals surface area contributed by atoms with Gasteiger partial charge < -0.3 is 4.90 Å². The van der Waals surface area contributed by atoms with Crippen LogP contribution in [0.15, 0.2) is 103 Å². The molecule has 0 fully saturated rings. The largest absolute Gasteiger partial charge is 0.310 e. The highest BCUT2D eigenvalue weighted by molar-refractivity contribution is 5.80. The van der Waals surface area contributed by atoms with Gasteiger partial charge in [-0.25, -0.2) is 0 Å². The second kappa shape index (κ2) is 8.03. The normalized spacial score (nSPS) is 13.9. The fraction of sp³-hybridized carbons (Fsp3) is 0.207. The average molecular weight is 406 g/mol. The van der Waals surface area contributed by atoms with Crippen molar-refractivity contribution < 1.29 is 4.57 Å². The van der Waals surface area contributed by atoms with E-state index in [9.17, 15) is 0 Å². The van der Waals surface area contributed by atoms with E-state index in [2.05, 4.69) is 127 Å². The van der Waals surface area contributed by atoms with Crippen molar-refractivity contribution in [2.24, 2.45) is 0 Å². The van der Waals surface area contributed by atoms with E-state index in [0.717, 1.165) is 19.4 Å². The molecule has 2 heteroatoms. The van der Waals surface area contributed by atoms with Crippen LogP contribution in [0.2, 0.25) is 0 Å². The third-order valence-electron chi connectivity index (χ3n) is 6.90. The molecule has 0 bridgehead atoms. The molecular weight excluding hydrogens is 376 g/mol. The van der Waals surface area contributed by atoms with Gasteiger partial charge in [0.05, 0.1) is 11.0 Å². The van der Waals surface area contributed by atoms with E-state index in [-0.39, 0.29) is 5.41 Å². The van der Waals surface area contributed by atoms with Crippen LogP contribution in [0.1, 0.15) is 32.3 Å². The molecule has 2 heterocycles. The zero-order valence-electron chi connectivity index (χ0n) is 18.3. The number of hydrogen-bond donors (Lipinski definition) is 0. The number of benzene rings is 3. The summed E-state index contributed by atoms with van der Waals surface area (Å²) in [6, 6.07) is 34.9. The molecule has 1 aromatic heterocycles. The van der Waals surface area contributed by atoms with Crippen LogP contribution >= 0.6 is 0 Å². The molecule has 3 aromatic carbocycles. The Morgan fingerprint density at radius 2 is 1.32 bits per heavy atom. The Morgan fingerprint density at radius 1 is 0.710 bits per heavy atom. The second-order valence-corrected chi connectivity index (χ2v) is 8.44. The third-order valence-corrected chi connectivity index (χ3v) is 6.90. The number of rotatable bonds is 5. The Kier molecular flexibility index (Phi) is 5.07. The minimum atomic E-state index is 0.178. The highest BCUT2D eigenvalue weighted by atomic mass is 15.1. The summed E-state index contributed by atoms with van der Waals surface area (Å²) in [5.74, 6) is 0. The van der Waals surface area contributed by atoms with Gasteiger partial charge >= 0.3 is 0 Å². The van der Waals surface area contributed by atoms with E-state index >= 15 is 0 Å². The molecule has 1 aliphatic heterocycles. The Hall–Kier alpha value is -3.39. The van der Waals surface area contributed by atoms with Gasteiger partial charge in [0.15, 0.2) is 12.7 Å². The van der Waals surface area contributed by atoms with Gasteiger partial charge in [0.25, 0.3) is 0 Å². The summed E-state index contributed by atoms with van der Waals surface area (Å²) < 4.78 is 2.44. The predicted molar refractivity (Wildman–Crippen MR) is 129 cm³/mol. The van der Waals surface area contributed by atoms with Gasteiger partial charge in [-0.3, -0.25) is 0 Å². The first-order chi connectivity index (χ1) is 15.3. The standard InChI is InChI=1S/C29H29N2/c1-3-29(4-2)22-30-20-12-11-17-28(30)26-21-25(18-19-27(26)29)31(23-13-7-5-8-14-23)24-15-9-6-10-16-24/h5-21H,3-4,22H2,1-2H3/q+1. The Morgan fingerprint density at radius 3 is 1.94 bits per heavy atom. The molecule has 0 radical (unpaired) electrons. The number of pyridine rings is 1. The zero-order chi connectivity index (χ0) is 21.3. The van der Waals surface area contributed by atoms with Gasteiger partial charge in [0, 0.05) is 29.2 Å². The maximum atomic E-state index is 2.44. The first-order valence-electron chi connectivity index (χ1n) is 11.3. The van der Waals surface area contributed by atoms with Gasteiger partial charge in [-0.05, 0) is 60.9 Å². The van der Waals surface area contributed by atoms with Crippen molar-refractivity contribution in [1.29, 1.82) is 0 Å². The first kappa shape index (κ1) is 19.6. The van der Waals surface area contributed by atoms with Crippen LogP contribution in [0.3, 0.4) is 0 Å². The van der Waals surface area contributed by atoms with E-state index in [4.69, 9.17) is 0 Å². The van der Waals surface area contributed by atoms with E-state index in [0.29, 0.717) is 0 Å². The number of aromatic nitrogens is 1. The average Bonchev–Trinajstić information content (AvgIpc) is 2.85. The fourth-order valence-electron chi connectivity index (χ4n) is 5.07. The van der Waals surface area contributed by atoms with Gasteiger partial charge in [-0.15, -0.1) is 0 Å². The molecule has 0 spiro atoms. The quantitative estimate of drug-likeness (QED) is 0.319. The van der Waals surface area contributed by atoms with Gasteiger partial charge in [-0.1, -0.05) is 56.3 Å². The van der Waals surface area contributed by atoms with Crippen molar-refractivity contribution in [3.05, 3.63) is 109 Å². The zero-order valence-corrected chi connectivity index (χ0v) is 18.3. The predicted octanol–water partition coefficient (Wildman–Crippen LogP) is 7.18. The van der Waals surface area contributed by atoms with E-state index < -0.39 is 0 Å². The maximum absolute atomic E-state index is 2.44. The molecule has 0 amide bonds. The molecule has 0 saturated carbocycles. The highest BCUT2D eigenvalue weighted by Crippen LogP contribution is 2.44. The van der Waals surface area contributed by atoms with Crippen molar-refractivity contribution in [1.82, 2.24) is 0 Å². The van der Waals surface area contributed by atoms with Gasteiger partial charge in [-0.2, -0.15) is 4.57 Å². The van der Waals surface area contributed by atoms with Crippen LogP contribution < -0.4 is 9.47 Å². The summed E-state index contributed by atoms with van der Waals surface area (Å²) in [5.41, 5.74) is 7.84. The Labute approximate surface area is 185 Å². The van der Waals surface area contributed by atoms with Crippen LogP contribution in [0, 0.1) is 0 Å². The number of hydrogen-bond acceptors (Lipinski definition) is 1. The van der Waals surface area contributed by atoms with Crippen LogP contribution in [0.4, 0.5) is 17.1 Å².